The van der Waals surface area contributed by atoms with Gasteiger partial charge in [0.05, 0.1) is 5.70 Å². The summed E-state index contributed by atoms with van der Waals surface area (Å²) in [6.45, 7) is 14.3. The molecule has 2 aliphatic heterocycles. The first-order chi connectivity index (χ1) is 13.7. The molecule has 0 aliphatic carbocycles. The van der Waals surface area contributed by atoms with Crippen LogP contribution in [0.2, 0.25) is 0 Å². The zero-order valence-corrected chi connectivity index (χ0v) is 18.6. The molecule has 0 amide bonds. The number of benzene rings is 1. The first-order valence-electron chi connectivity index (χ1n) is 10.6. The van der Waals surface area contributed by atoms with E-state index in [-0.39, 0.29) is 12.0 Å². The Morgan fingerprint density at radius 3 is 2.21 bits per heavy atom. The highest BCUT2D eigenvalue weighted by molar-refractivity contribution is 6.40. The zero-order valence-electron chi connectivity index (χ0n) is 18.6. The van der Waals surface area contributed by atoms with Gasteiger partial charge in [-0.2, -0.15) is 0 Å². The Kier molecular flexibility index (Phi) is 6.16. The minimum absolute atomic E-state index is 0.0989. The Labute approximate surface area is 174 Å². The van der Waals surface area contributed by atoms with E-state index in [9.17, 15) is 8.63 Å². The van der Waals surface area contributed by atoms with Crippen LogP contribution in [0.3, 0.4) is 0 Å². The SMILES string of the molecule is CCC1=C/C(=C(/C2=CC(CC)C(C)N2B(F)F)c2c(C)cc(C)cc2C)N=C1C. The van der Waals surface area contributed by atoms with E-state index in [1.807, 2.05) is 19.9 Å². The van der Waals surface area contributed by atoms with E-state index >= 15 is 0 Å². The molecule has 0 bridgehead atoms. The molecular weight excluding hydrogens is 365 g/mol. The molecule has 1 aromatic carbocycles. The monoisotopic (exact) mass is 396 g/mol. The van der Waals surface area contributed by atoms with Crippen LogP contribution in [0.1, 0.15) is 62.8 Å². The Hall–Kier alpha value is -2.17. The van der Waals surface area contributed by atoms with Crippen LogP contribution in [0.15, 0.2) is 46.2 Å². The predicted octanol–water partition coefficient (Wildman–Crippen LogP) is 6.67. The van der Waals surface area contributed by atoms with Gasteiger partial charge in [-0.1, -0.05) is 37.6 Å². The van der Waals surface area contributed by atoms with Crippen molar-refractivity contribution in [1.29, 1.82) is 0 Å². The summed E-state index contributed by atoms with van der Waals surface area (Å²) in [6, 6.07) is 4.02. The minimum atomic E-state index is -2.55. The van der Waals surface area contributed by atoms with Crippen molar-refractivity contribution in [3.05, 3.63) is 63.5 Å². The van der Waals surface area contributed by atoms with Crippen molar-refractivity contribution in [3.8, 4) is 0 Å². The first kappa shape index (κ1) is 21.5. The molecule has 0 N–H and O–H groups in total. The fourth-order valence-electron chi connectivity index (χ4n) is 4.81. The molecular formula is C24H31BF2N2. The Morgan fingerprint density at radius 1 is 1.10 bits per heavy atom. The van der Waals surface area contributed by atoms with Gasteiger partial charge in [0.1, 0.15) is 0 Å². The molecule has 0 radical (unpaired) electrons. The summed E-state index contributed by atoms with van der Waals surface area (Å²) in [5, 5.41) is 0. The number of aryl methyl sites for hydroxylation is 3. The van der Waals surface area contributed by atoms with Crippen LogP contribution in [-0.2, 0) is 0 Å². The smallest absolute Gasteiger partial charge is 0.353 e. The van der Waals surface area contributed by atoms with Crippen LogP contribution in [0, 0.1) is 26.7 Å². The molecule has 1 aromatic rings. The molecule has 5 heteroatoms. The molecule has 2 heterocycles. The maximum absolute atomic E-state index is 14.2. The van der Waals surface area contributed by atoms with E-state index in [1.54, 1.807) is 0 Å². The van der Waals surface area contributed by atoms with Crippen molar-refractivity contribution in [2.75, 3.05) is 0 Å². The summed E-state index contributed by atoms with van der Waals surface area (Å²) in [5.41, 5.74) is 8.80. The van der Waals surface area contributed by atoms with Gasteiger partial charge in [0.25, 0.3) is 0 Å². The number of rotatable bonds is 5. The third-order valence-electron chi connectivity index (χ3n) is 6.27. The maximum atomic E-state index is 14.2. The summed E-state index contributed by atoms with van der Waals surface area (Å²) in [7, 11) is -2.55. The highest BCUT2D eigenvalue weighted by Crippen LogP contribution is 2.43. The maximum Gasteiger partial charge on any atom is 0.673 e. The second kappa shape index (κ2) is 8.29. The molecule has 2 unspecified atom stereocenters. The number of halogens is 2. The minimum Gasteiger partial charge on any atom is -0.353 e. The van der Waals surface area contributed by atoms with E-state index in [2.05, 4.69) is 52.8 Å². The van der Waals surface area contributed by atoms with Crippen LogP contribution in [0.25, 0.3) is 5.57 Å². The molecule has 2 nitrogen and oxygen atoms in total. The summed E-state index contributed by atoms with van der Waals surface area (Å²) in [4.78, 5) is 6.12. The van der Waals surface area contributed by atoms with Gasteiger partial charge >= 0.3 is 7.40 Å². The van der Waals surface area contributed by atoms with Gasteiger partial charge in [0.15, 0.2) is 0 Å². The van der Waals surface area contributed by atoms with Crippen molar-refractivity contribution >= 4 is 18.7 Å². The third kappa shape index (κ3) is 3.84. The van der Waals surface area contributed by atoms with E-state index < -0.39 is 7.40 Å². The number of hydrogen-bond donors (Lipinski definition) is 0. The average molecular weight is 396 g/mol. The van der Waals surface area contributed by atoms with Gasteiger partial charge in [-0.3, -0.25) is 13.6 Å². The lowest BCUT2D eigenvalue weighted by molar-refractivity contribution is 0.330. The van der Waals surface area contributed by atoms with Crippen LogP contribution in [-0.4, -0.2) is 24.0 Å². The Morgan fingerprint density at radius 2 is 1.72 bits per heavy atom. The van der Waals surface area contributed by atoms with Crippen molar-refractivity contribution in [2.45, 2.75) is 67.3 Å². The quantitative estimate of drug-likeness (QED) is 0.508. The molecule has 2 atom stereocenters. The molecule has 0 aromatic heterocycles. The van der Waals surface area contributed by atoms with Crippen molar-refractivity contribution in [3.63, 3.8) is 0 Å². The number of nitrogens with zero attached hydrogens (tertiary/aromatic N) is 2. The second-order valence-corrected chi connectivity index (χ2v) is 8.30. The van der Waals surface area contributed by atoms with Gasteiger partial charge in [-0.25, -0.2) is 0 Å². The highest BCUT2D eigenvalue weighted by atomic mass is 19.2. The van der Waals surface area contributed by atoms with E-state index in [1.165, 1.54) is 15.9 Å². The predicted molar refractivity (Wildman–Crippen MR) is 120 cm³/mol. The summed E-state index contributed by atoms with van der Waals surface area (Å²) in [6.07, 6.45) is 5.84. The molecule has 3 rings (SSSR count). The molecule has 2 aliphatic rings. The van der Waals surface area contributed by atoms with Gasteiger partial charge < -0.3 is 4.81 Å². The van der Waals surface area contributed by atoms with E-state index in [0.29, 0.717) is 5.70 Å². The van der Waals surface area contributed by atoms with Gasteiger partial charge in [0, 0.05) is 23.0 Å². The lowest BCUT2D eigenvalue weighted by Crippen LogP contribution is -2.39. The zero-order chi connectivity index (χ0) is 21.5. The van der Waals surface area contributed by atoms with Crippen molar-refractivity contribution in [1.82, 2.24) is 4.81 Å². The van der Waals surface area contributed by atoms with Gasteiger partial charge in [-0.15, -0.1) is 0 Å². The summed E-state index contributed by atoms with van der Waals surface area (Å²) < 4.78 is 28.4. The van der Waals surface area contributed by atoms with Gasteiger partial charge in [-0.05, 0) is 81.7 Å². The summed E-state index contributed by atoms with van der Waals surface area (Å²) in [5.74, 6) is 0.0989. The van der Waals surface area contributed by atoms with Crippen LogP contribution >= 0.6 is 0 Å². The Bertz CT molecular complexity index is 917. The van der Waals surface area contributed by atoms with E-state index in [4.69, 9.17) is 4.99 Å². The molecule has 0 saturated carbocycles. The largest absolute Gasteiger partial charge is 0.673 e. The molecule has 0 saturated heterocycles. The average Bonchev–Trinajstić information content (AvgIpc) is 3.17. The fourth-order valence-corrected chi connectivity index (χ4v) is 4.81. The molecule has 154 valence electrons. The van der Waals surface area contributed by atoms with E-state index in [0.717, 1.165) is 46.5 Å². The first-order valence-corrected chi connectivity index (χ1v) is 10.6. The molecule has 0 fully saturated rings. The number of allylic oxidation sites excluding steroid dienone is 3. The summed E-state index contributed by atoms with van der Waals surface area (Å²) >= 11 is 0. The third-order valence-corrected chi connectivity index (χ3v) is 6.27. The topological polar surface area (TPSA) is 15.6 Å². The van der Waals surface area contributed by atoms with Gasteiger partial charge in [0.2, 0.25) is 0 Å². The Balaban J connectivity index is 2.34. The fraction of sp³-hybridized carbons (Fsp3) is 0.458. The van der Waals surface area contributed by atoms with Crippen LogP contribution in [0.4, 0.5) is 8.63 Å². The normalized spacial score (nSPS) is 23.2. The lowest BCUT2D eigenvalue weighted by Gasteiger charge is -2.29. The van der Waals surface area contributed by atoms with Crippen molar-refractivity contribution in [2.24, 2.45) is 10.9 Å². The van der Waals surface area contributed by atoms with Crippen LogP contribution in [0.5, 0.6) is 0 Å². The number of aliphatic imine (C=N–C) groups is 1. The second-order valence-electron chi connectivity index (χ2n) is 8.30. The van der Waals surface area contributed by atoms with Crippen LogP contribution < -0.4 is 0 Å². The standard InChI is InChI=1S/C24H31BF2N2/c1-8-19-12-21(28-17(19)6)24(23-15(4)10-14(3)11-16(23)5)22-13-20(9-2)18(7)29(22)25(26)27/h10-13,18,20H,8-9H2,1-7H3/b24-21+. The number of hydrogen-bond acceptors (Lipinski definition) is 2. The van der Waals surface area contributed by atoms with Crippen molar-refractivity contribution < 1.29 is 8.63 Å². The lowest BCUT2D eigenvalue weighted by atomic mass is 9.89. The molecule has 29 heavy (non-hydrogen) atoms. The highest BCUT2D eigenvalue weighted by Gasteiger charge is 2.42. The molecule has 0 spiro atoms.